The van der Waals surface area contributed by atoms with Crippen molar-refractivity contribution < 1.29 is 14.3 Å². The van der Waals surface area contributed by atoms with E-state index in [-0.39, 0.29) is 11.7 Å². The highest BCUT2D eigenvalue weighted by Crippen LogP contribution is 2.39. The first-order chi connectivity index (χ1) is 14.6. The summed E-state index contributed by atoms with van der Waals surface area (Å²) in [5.74, 6) is 0.838. The normalized spacial score (nSPS) is 17.3. The van der Waals surface area contributed by atoms with E-state index in [1.54, 1.807) is 0 Å². The van der Waals surface area contributed by atoms with Crippen molar-refractivity contribution in [3.63, 3.8) is 0 Å². The third-order valence-corrected chi connectivity index (χ3v) is 6.20. The first-order valence-electron chi connectivity index (χ1n) is 10.4. The number of hydrogen-bond donors (Lipinski definition) is 0. The lowest BCUT2D eigenvalue weighted by Crippen LogP contribution is -2.52. The first kappa shape index (κ1) is 18.6. The number of hydrogen-bond acceptors (Lipinski definition) is 3. The molecule has 0 unspecified atom stereocenters. The fourth-order valence-electron chi connectivity index (χ4n) is 4.46. The first-order valence-corrected chi connectivity index (χ1v) is 10.4. The Balaban J connectivity index is 1.27. The highest BCUT2D eigenvalue weighted by Gasteiger charge is 2.43. The molecule has 1 spiro atoms. The largest absolute Gasteiger partial charge is 0.486 e. The Labute approximate surface area is 176 Å². The zero-order valence-corrected chi connectivity index (χ0v) is 16.7. The maximum absolute atomic E-state index is 13.0. The maximum Gasteiger partial charge on any atom is 0.253 e. The number of likely N-dealkylation sites (tertiary alicyclic amines) is 1. The van der Waals surface area contributed by atoms with Crippen LogP contribution in [0.5, 0.6) is 5.75 Å². The SMILES string of the molecule is O=C1CC2(CCN(C(=O)c3ccc(-c4ccccc4)cc3)CC2)Oc2ccccc21. The summed E-state index contributed by atoms with van der Waals surface area (Å²) in [7, 11) is 0. The molecule has 3 aromatic carbocycles. The van der Waals surface area contributed by atoms with Crippen molar-refractivity contribution in [1.29, 1.82) is 0 Å². The number of rotatable bonds is 2. The number of para-hydroxylation sites is 1. The summed E-state index contributed by atoms with van der Waals surface area (Å²) in [6, 6.07) is 25.3. The smallest absolute Gasteiger partial charge is 0.253 e. The van der Waals surface area contributed by atoms with Crippen molar-refractivity contribution in [1.82, 2.24) is 4.90 Å². The molecule has 0 aromatic heterocycles. The summed E-state index contributed by atoms with van der Waals surface area (Å²) in [6.45, 7) is 1.18. The van der Waals surface area contributed by atoms with Gasteiger partial charge in [-0.05, 0) is 35.4 Å². The minimum Gasteiger partial charge on any atom is -0.486 e. The van der Waals surface area contributed by atoms with Crippen LogP contribution in [0, 0.1) is 0 Å². The number of ether oxygens (including phenoxy) is 1. The van der Waals surface area contributed by atoms with Gasteiger partial charge in [-0.25, -0.2) is 0 Å². The Morgan fingerprint density at radius 2 is 1.43 bits per heavy atom. The third kappa shape index (κ3) is 3.39. The van der Waals surface area contributed by atoms with Gasteiger partial charge in [0, 0.05) is 31.5 Å². The van der Waals surface area contributed by atoms with Gasteiger partial charge in [-0.3, -0.25) is 9.59 Å². The van der Waals surface area contributed by atoms with Crippen molar-refractivity contribution in [3.8, 4) is 16.9 Å². The Morgan fingerprint density at radius 1 is 0.800 bits per heavy atom. The van der Waals surface area contributed by atoms with Gasteiger partial charge in [-0.2, -0.15) is 0 Å². The van der Waals surface area contributed by atoms with E-state index in [1.165, 1.54) is 0 Å². The molecule has 2 aliphatic heterocycles. The lowest BCUT2D eigenvalue weighted by molar-refractivity contribution is -0.00570. The quantitative estimate of drug-likeness (QED) is 0.612. The van der Waals surface area contributed by atoms with Gasteiger partial charge in [0.2, 0.25) is 0 Å². The monoisotopic (exact) mass is 397 g/mol. The van der Waals surface area contributed by atoms with Crippen LogP contribution in [0.25, 0.3) is 11.1 Å². The summed E-state index contributed by atoms with van der Waals surface area (Å²) in [6.07, 6.45) is 1.72. The number of carbonyl (C=O) groups is 2. The third-order valence-electron chi connectivity index (χ3n) is 6.20. The van der Waals surface area contributed by atoms with Crippen molar-refractivity contribution in [2.24, 2.45) is 0 Å². The van der Waals surface area contributed by atoms with Crippen LogP contribution in [-0.4, -0.2) is 35.3 Å². The van der Waals surface area contributed by atoms with Gasteiger partial charge in [0.05, 0.1) is 12.0 Å². The molecule has 0 radical (unpaired) electrons. The van der Waals surface area contributed by atoms with E-state index in [1.807, 2.05) is 71.6 Å². The summed E-state index contributed by atoms with van der Waals surface area (Å²) in [5.41, 5.74) is 3.10. The van der Waals surface area contributed by atoms with E-state index in [4.69, 9.17) is 4.74 Å². The van der Waals surface area contributed by atoms with Gasteiger partial charge in [0.25, 0.3) is 5.91 Å². The number of amides is 1. The molecular weight excluding hydrogens is 374 g/mol. The van der Waals surface area contributed by atoms with Crippen molar-refractivity contribution in [3.05, 3.63) is 90.0 Å². The molecule has 0 atom stereocenters. The topological polar surface area (TPSA) is 46.6 Å². The summed E-state index contributed by atoms with van der Waals surface area (Å²) in [5, 5.41) is 0. The average Bonchev–Trinajstić information content (AvgIpc) is 2.80. The molecule has 1 amide bonds. The van der Waals surface area contributed by atoms with Crippen LogP contribution in [-0.2, 0) is 0 Å². The molecule has 150 valence electrons. The van der Waals surface area contributed by atoms with Crippen molar-refractivity contribution in [2.75, 3.05) is 13.1 Å². The van der Waals surface area contributed by atoms with Gasteiger partial charge in [0.1, 0.15) is 11.4 Å². The van der Waals surface area contributed by atoms with Crippen LogP contribution in [0.15, 0.2) is 78.9 Å². The van der Waals surface area contributed by atoms with E-state index in [9.17, 15) is 9.59 Å². The van der Waals surface area contributed by atoms with E-state index in [0.717, 1.165) is 11.1 Å². The fraction of sp³-hybridized carbons (Fsp3) is 0.231. The highest BCUT2D eigenvalue weighted by molar-refractivity contribution is 6.00. The van der Waals surface area contributed by atoms with Crippen LogP contribution < -0.4 is 4.74 Å². The molecule has 0 aliphatic carbocycles. The molecule has 1 fully saturated rings. The van der Waals surface area contributed by atoms with E-state index in [2.05, 4.69) is 12.1 Å². The molecule has 30 heavy (non-hydrogen) atoms. The zero-order chi connectivity index (χ0) is 20.6. The number of benzene rings is 3. The molecular formula is C26H23NO3. The number of carbonyl (C=O) groups excluding carboxylic acids is 2. The maximum atomic E-state index is 13.0. The van der Waals surface area contributed by atoms with Crippen LogP contribution >= 0.6 is 0 Å². The Hall–Kier alpha value is -3.40. The number of ketones is 1. The van der Waals surface area contributed by atoms with Crippen LogP contribution in [0.4, 0.5) is 0 Å². The summed E-state index contributed by atoms with van der Waals surface area (Å²) < 4.78 is 6.27. The van der Waals surface area contributed by atoms with Crippen molar-refractivity contribution in [2.45, 2.75) is 24.9 Å². The summed E-state index contributed by atoms with van der Waals surface area (Å²) >= 11 is 0. The Bertz CT molecular complexity index is 1080. The Morgan fingerprint density at radius 3 is 2.17 bits per heavy atom. The van der Waals surface area contributed by atoms with E-state index < -0.39 is 5.60 Å². The predicted molar refractivity (Wildman–Crippen MR) is 116 cm³/mol. The molecule has 5 rings (SSSR count). The van der Waals surface area contributed by atoms with Gasteiger partial charge in [0.15, 0.2) is 5.78 Å². The minimum atomic E-state index is -0.487. The molecule has 2 heterocycles. The Kier molecular flexibility index (Phi) is 4.62. The number of piperidine rings is 1. The molecule has 0 bridgehead atoms. The standard InChI is InChI=1S/C26H23NO3/c28-23-18-26(30-24-9-5-4-8-22(23)24)14-16-27(17-15-26)25(29)21-12-10-20(11-13-21)19-6-2-1-3-7-19/h1-13H,14-18H2. The fourth-order valence-corrected chi connectivity index (χ4v) is 4.46. The molecule has 3 aromatic rings. The van der Waals surface area contributed by atoms with E-state index in [0.29, 0.717) is 49.2 Å². The number of Topliss-reactive ketones (excluding diaryl/α,β-unsaturated/α-hetero) is 1. The molecule has 4 heteroatoms. The van der Waals surface area contributed by atoms with Crippen LogP contribution in [0.3, 0.4) is 0 Å². The second-order valence-electron chi connectivity index (χ2n) is 8.12. The van der Waals surface area contributed by atoms with Gasteiger partial charge >= 0.3 is 0 Å². The molecule has 0 saturated carbocycles. The number of nitrogens with zero attached hydrogens (tertiary/aromatic N) is 1. The van der Waals surface area contributed by atoms with Crippen LogP contribution in [0.1, 0.15) is 40.0 Å². The van der Waals surface area contributed by atoms with Crippen LogP contribution in [0.2, 0.25) is 0 Å². The molecule has 1 saturated heterocycles. The molecule has 2 aliphatic rings. The second kappa shape index (κ2) is 7.45. The predicted octanol–water partition coefficient (Wildman–Crippen LogP) is 4.99. The minimum absolute atomic E-state index is 0.0343. The lowest BCUT2D eigenvalue weighted by Gasteiger charge is -2.44. The highest BCUT2D eigenvalue weighted by atomic mass is 16.5. The average molecular weight is 397 g/mol. The lowest BCUT2D eigenvalue weighted by atomic mass is 9.82. The molecule has 0 N–H and O–H groups in total. The summed E-state index contributed by atoms with van der Waals surface area (Å²) in [4.78, 5) is 27.5. The van der Waals surface area contributed by atoms with Gasteiger partial charge in [-0.15, -0.1) is 0 Å². The van der Waals surface area contributed by atoms with Crippen molar-refractivity contribution >= 4 is 11.7 Å². The number of fused-ring (bicyclic) bond motifs is 1. The van der Waals surface area contributed by atoms with E-state index >= 15 is 0 Å². The van der Waals surface area contributed by atoms with Gasteiger partial charge < -0.3 is 9.64 Å². The second-order valence-corrected chi connectivity index (χ2v) is 8.12. The van der Waals surface area contributed by atoms with Gasteiger partial charge in [-0.1, -0.05) is 54.6 Å². The molecule has 4 nitrogen and oxygen atoms in total. The zero-order valence-electron chi connectivity index (χ0n) is 16.7.